The highest BCUT2D eigenvalue weighted by Crippen LogP contribution is 2.37. The van der Waals surface area contributed by atoms with E-state index in [0.29, 0.717) is 0 Å². The Hall–Kier alpha value is -2.05. The molecule has 0 bridgehead atoms. The van der Waals surface area contributed by atoms with Gasteiger partial charge >= 0.3 is 12.5 Å². The van der Waals surface area contributed by atoms with E-state index in [0.717, 1.165) is 0 Å². The van der Waals surface area contributed by atoms with Gasteiger partial charge in [-0.05, 0) is 6.07 Å². The summed E-state index contributed by atoms with van der Waals surface area (Å²) in [6.45, 7) is 0. The minimum atomic E-state index is -5.40. The standard InChI is InChI=1S/C9H3F7N2O/c10-7-4(1-2-17)3-5(19-9(14,15)16)6(18-7)8(11,12)13/h3H,1H2. The highest BCUT2D eigenvalue weighted by molar-refractivity contribution is 5.35. The summed E-state index contributed by atoms with van der Waals surface area (Å²) in [6.07, 6.45) is -11.5. The van der Waals surface area contributed by atoms with Gasteiger partial charge < -0.3 is 4.74 Å². The van der Waals surface area contributed by atoms with Crippen molar-refractivity contribution >= 4 is 0 Å². The van der Waals surface area contributed by atoms with E-state index in [-0.39, 0.29) is 6.07 Å². The van der Waals surface area contributed by atoms with Crippen LogP contribution in [0.5, 0.6) is 5.75 Å². The monoisotopic (exact) mass is 288 g/mol. The number of hydrogen-bond acceptors (Lipinski definition) is 3. The number of nitrogens with zero attached hydrogens (tertiary/aromatic N) is 2. The smallest absolute Gasteiger partial charge is 0.403 e. The molecule has 0 atom stereocenters. The second-order valence-electron chi connectivity index (χ2n) is 3.17. The van der Waals surface area contributed by atoms with Gasteiger partial charge in [-0.25, -0.2) is 4.98 Å². The molecule has 1 aromatic heterocycles. The number of nitriles is 1. The second kappa shape index (κ2) is 4.91. The molecule has 0 fully saturated rings. The molecule has 0 aliphatic heterocycles. The van der Waals surface area contributed by atoms with E-state index in [4.69, 9.17) is 5.26 Å². The van der Waals surface area contributed by atoms with Gasteiger partial charge in [0.2, 0.25) is 5.95 Å². The fourth-order valence-electron chi connectivity index (χ4n) is 1.13. The van der Waals surface area contributed by atoms with Gasteiger partial charge in [0, 0.05) is 5.56 Å². The first-order chi connectivity index (χ1) is 8.54. The van der Waals surface area contributed by atoms with Crippen LogP contribution >= 0.6 is 0 Å². The van der Waals surface area contributed by atoms with E-state index < -0.39 is 41.9 Å². The van der Waals surface area contributed by atoms with E-state index in [1.165, 1.54) is 6.07 Å². The van der Waals surface area contributed by atoms with E-state index in [1.807, 2.05) is 0 Å². The second-order valence-corrected chi connectivity index (χ2v) is 3.17. The average molecular weight is 288 g/mol. The molecule has 104 valence electrons. The van der Waals surface area contributed by atoms with Crippen LogP contribution in [0.15, 0.2) is 6.07 Å². The van der Waals surface area contributed by atoms with Gasteiger partial charge in [0.05, 0.1) is 12.5 Å². The van der Waals surface area contributed by atoms with Crippen LogP contribution in [0.4, 0.5) is 30.7 Å². The Labute approximate surface area is 101 Å². The van der Waals surface area contributed by atoms with Gasteiger partial charge in [-0.1, -0.05) is 0 Å². The minimum absolute atomic E-state index is 0.155. The van der Waals surface area contributed by atoms with Crippen LogP contribution in [0, 0.1) is 17.3 Å². The zero-order chi connectivity index (χ0) is 14.8. The van der Waals surface area contributed by atoms with Crippen LogP contribution in [-0.2, 0) is 12.6 Å². The van der Waals surface area contributed by atoms with Crippen molar-refractivity contribution in [1.82, 2.24) is 4.98 Å². The van der Waals surface area contributed by atoms with Crippen molar-refractivity contribution in [2.75, 3.05) is 0 Å². The van der Waals surface area contributed by atoms with Crippen LogP contribution in [0.3, 0.4) is 0 Å². The topological polar surface area (TPSA) is 45.9 Å². The normalized spacial score (nSPS) is 12.1. The number of aromatic nitrogens is 1. The maximum Gasteiger partial charge on any atom is 0.573 e. The van der Waals surface area contributed by atoms with Crippen LogP contribution in [0.1, 0.15) is 11.3 Å². The van der Waals surface area contributed by atoms with Crippen LogP contribution in [0.2, 0.25) is 0 Å². The fourth-order valence-corrected chi connectivity index (χ4v) is 1.13. The van der Waals surface area contributed by atoms with Gasteiger partial charge in [0.15, 0.2) is 11.4 Å². The molecule has 0 aliphatic rings. The van der Waals surface area contributed by atoms with Crippen molar-refractivity contribution in [1.29, 1.82) is 5.26 Å². The number of pyridine rings is 1. The van der Waals surface area contributed by atoms with Gasteiger partial charge in [-0.3, -0.25) is 0 Å². The van der Waals surface area contributed by atoms with Gasteiger partial charge in [-0.15, -0.1) is 13.2 Å². The molecular weight excluding hydrogens is 285 g/mol. The molecule has 19 heavy (non-hydrogen) atoms. The van der Waals surface area contributed by atoms with Gasteiger partial charge in [0.25, 0.3) is 0 Å². The predicted octanol–water partition coefficient (Wildman–Crippen LogP) is 3.20. The molecule has 0 aromatic carbocycles. The third kappa shape index (κ3) is 3.97. The quantitative estimate of drug-likeness (QED) is 0.620. The summed E-state index contributed by atoms with van der Waals surface area (Å²) >= 11 is 0. The number of rotatable bonds is 2. The number of hydrogen-bond donors (Lipinski definition) is 0. The van der Waals surface area contributed by atoms with E-state index in [1.54, 1.807) is 0 Å². The molecule has 1 heterocycles. The zero-order valence-electron chi connectivity index (χ0n) is 8.73. The van der Waals surface area contributed by atoms with Crippen molar-refractivity contribution in [2.45, 2.75) is 19.0 Å². The molecule has 0 unspecified atom stereocenters. The zero-order valence-corrected chi connectivity index (χ0v) is 8.73. The molecule has 3 nitrogen and oxygen atoms in total. The molecule has 0 radical (unpaired) electrons. The number of halogens is 7. The molecule has 0 aliphatic carbocycles. The van der Waals surface area contributed by atoms with Crippen molar-refractivity contribution in [3.63, 3.8) is 0 Å². The fraction of sp³-hybridized carbons (Fsp3) is 0.333. The number of ether oxygens (including phenoxy) is 1. The largest absolute Gasteiger partial charge is 0.573 e. The molecule has 0 spiro atoms. The summed E-state index contributed by atoms with van der Waals surface area (Å²) in [7, 11) is 0. The summed E-state index contributed by atoms with van der Waals surface area (Å²) in [5.41, 5.74) is -2.88. The molecule has 0 N–H and O–H groups in total. The van der Waals surface area contributed by atoms with E-state index >= 15 is 0 Å². The number of alkyl halides is 6. The Bertz CT molecular complexity index is 515. The third-order valence-electron chi connectivity index (χ3n) is 1.78. The summed E-state index contributed by atoms with van der Waals surface area (Å²) in [5.74, 6) is -3.38. The SMILES string of the molecule is N#CCc1cc(OC(F)(F)F)c(C(F)(F)F)nc1F. The lowest BCUT2D eigenvalue weighted by atomic mass is 10.2. The summed E-state index contributed by atoms with van der Waals surface area (Å²) in [4.78, 5) is 2.38. The van der Waals surface area contributed by atoms with Gasteiger partial charge in [-0.2, -0.15) is 22.8 Å². The first-order valence-electron chi connectivity index (χ1n) is 4.44. The lowest BCUT2D eigenvalue weighted by Gasteiger charge is -2.15. The molecule has 0 amide bonds. The van der Waals surface area contributed by atoms with Crippen molar-refractivity contribution < 1.29 is 35.5 Å². The maximum atomic E-state index is 13.1. The first kappa shape index (κ1) is 15.0. The molecular formula is C9H3F7N2O. The van der Waals surface area contributed by atoms with Gasteiger partial charge in [0.1, 0.15) is 0 Å². The molecule has 0 saturated carbocycles. The molecule has 0 saturated heterocycles. The van der Waals surface area contributed by atoms with E-state index in [2.05, 4.69) is 9.72 Å². The van der Waals surface area contributed by atoms with E-state index in [9.17, 15) is 30.7 Å². The Morgan fingerprint density at radius 2 is 1.79 bits per heavy atom. The highest BCUT2D eigenvalue weighted by Gasteiger charge is 2.41. The minimum Gasteiger partial charge on any atom is -0.403 e. The average Bonchev–Trinajstić information content (AvgIpc) is 2.19. The Kier molecular flexibility index (Phi) is 3.88. The summed E-state index contributed by atoms with van der Waals surface area (Å²) < 4.78 is 89.2. The van der Waals surface area contributed by atoms with Crippen molar-refractivity contribution in [3.05, 3.63) is 23.3 Å². The lowest BCUT2D eigenvalue weighted by molar-refractivity contribution is -0.276. The Balaban J connectivity index is 3.38. The highest BCUT2D eigenvalue weighted by atomic mass is 19.4. The van der Waals surface area contributed by atoms with Crippen LogP contribution in [0.25, 0.3) is 0 Å². The van der Waals surface area contributed by atoms with Crippen molar-refractivity contribution in [2.24, 2.45) is 0 Å². The molecule has 10 heteroatoms. The lowest BCUT2D eigenvalue weighted by Crippen LogP contribution is -2.22. The Morgan fingerprint density at radius 3 is 2.21 bits per heavy atom. The maximum absolute atomic E-state index is 13.1. The van der Waals surface area contributed by atoms with Crippen LogP contribution < -0.4 is 4.74 Å². The third-order valence-corrected chi connectivity index (χ3v) is 1.78. The van der Waals surface area contributed by atoms with Crippen LogP contribution in [-0.4, -0.2) is 11.3 Å². The Morgan fingerprint density at radius 1 is 1.21 bits per heavy atom. The first-order valence-corrected chi connectivity index (χ1v) is 4.44. The predicted molar refractivity (Wildman–Crippen MR) is 45.2 cm³/mol. The summed E-state index contributed by atoms with van der Waals surface area (Å²) in [6, 6.07) is 1.53. The molecule has 1 aromatic rings. The summed E-state index contributed by atoms with van der Waals surface area (Å²) in [5, 5.41) is 8.27. The van der Waals surface area contributed by atoms with Crippen molar-refractivity contribution in [3.8, 4) is 11.8 Å². The molecule has 1 rings (SSSR count).